The van der Waals surface area contributed by atoms with E-state index in [2.05, 4.69) is 240 Å². The van der Waals surface area contributed by atoms with Crippen molar-refractivity contribution in [1.82, 2.24) is 4.57 Å². The molecule has 11 aromatic carbocycles. The van der Waals surface area contributed by atoms with E-state index in [0.29, 0.717) is 0 Å². The monoisotopic (exact) mass is 762 g/mol. The van der Waals surface area contributed by atoms with Crippen LogP contribution in [-0.2, 0) is 0 Å². The first-order valence-corrected chi connectivity index (χ1v) is 20.7. The number of rotatable bonds is 6. The largest absolute Gasteiger partial charge is 0.310 e. The number of nitrogens with zero attached hydrogens (tertiary/aromatic N) is 2. The first kappa shape index (κ1) is 34.1. The molecular formula is C58H38N2. The van der Waals surface area contributed by atoms with Crippen LogP contribution in [0.15, 0.2) is 231 Å². The Morgan fingerprint density at radius 2 is 0.817 bits per heavy atom. The zero-order chi connectivity index (χ0) is 39.6. The number of hydrogen-bond donors (Lipinski definition) is 0. The van der Waals surface area contributed by atoms with Gasteiger partial charge >= 0.3 is 0 Å². The van der Waals surface area contributed by atoms with Gasteiger partial charge in [-0.3, -0.25) is 0 Å². The lowest BCUT2D eigenvalue weighted by atomic mass is 9.85. The fourth-order valence-corrected chi connectivity index (χ4v) is 9.65. The number of fused-ring (bicyclic) bond motifs is 8. The predicted octanol–water partition coefficient (Wildman–Crippen LogP) is 16.2. The summed E-state index contributed by atoms with van der Waals surface area (Å²) in [6.07, 6.45) is 0. The highest BCUT2D eigenvalue weighted by Gasteiger charge is 2.22. The van der Waals surface area contributed by atoms with Crippen LogP contribution in [0.3, 0.4) is 0 Å². The summed E-state index contributed by atoms with van der Waals surface area (Å²) >= 11 is 0. The van der Waals surface area contributed by atoms with Gasteiger partial charge in [-0.25, -0.2) is 0 Å². The molecule has 0 bridgehead atoms. The summed E-state index contributed by atoms with van der Waals surface area (Å²) in [7, 11) is 0. The van der Waals surface area contributed by atoms with Crippen molar-refractivity contribution in [3.05, 3.63) is 231 Å². The molecule has 0 fully saturated rings. The van der Waals surface area contributed by atoms with Gasteiger partial charge in [0.1, 0.15) is 0 Å². The highest BCUT2D eigenvalue weighted by molar-refractivity contribution is 6.22. The normalized spacial score (nSPS) is 11.7. The average Bonchev–Trinajstić information content (AvgIpc) is 3.65. The molecule has 0 aliphatic carbocycles. The fraction of sp³-hybridized carbons (Fsp3) is 0. The Hall–Kier alpha value is -7.94. The van der Waals surface area contributed by atoms with Crippen molar-refractivity contribution < 1.29 is 0 Å². The quantitative estimate of drug-likeness (QED) is 0.153. The smallest absolute Gasteiger partial charge is 0.0561 e. The van der Waals surface area contributed by atoms with Crippen LogP contribution in [0, 0.1) is 0 Å². The number of benzene rings is 11. The van der Waals surface area contributed by atoms with E-state index in [1.165, 1.54) is 81.6 Å². The van der Waals surface area contributed by atoms with Crippen molar-refractivity contribution in [1.29, 1.82) is 0 Å². The summed E-state index contributed by atoms with van der Waals surface area (Å²) in [4.78, 5) is 2.47. The number of para-hydroxylation sites is 1. The van der Waals surface area contributed by atoms with Gasteiger partial charge in [-0.05, 0) is 108 Å². The zero-order valence-electron chi connectivity index (χ0n) is 32.8. The molecule has 12 aromatic rings. The Balaban J connectivity index is 1.17. The number of aromatic nitrogens is 1. The minimum atomic E-state index is 1.09. The fourth-order valence-electron chi connectivity index (χ4n) is 9.65. The van der Waals surface area contributed by atoms with Gasteiger partial charge in [0.15, 0.2) is 0 Å². The molecule has 0 unspecified atom stereocenters. The third-order valence-corrected chi connectivity index (χ3v) is 12.3. The Bertz CT molecular complexity index is 3600. The van der Waals surface area contributed by atoms with Crippen LogP contribution in [0.2, 0.25) is 0 Å². The third kappa shape index (κ3) is 5.42. The summed E-state index contributed by atoms with van der Waals surface area (Å²) in [6, 6.07) is 84.4. The first-order chi connectivity index (χ1) is 29.8. The van der Waals surface area contributed by atoms with Gasteiger partial charge in [-0.15, -0.1) is 0 Å². The number of anilines is 3. The van der Waals surface area contributed by atoms with Crippen LogP contribution in [-0.4, -0.2) is 4.57 Å². The second-order valence-corrected chi connectivity index (χ2v) is 15.7. The molecule has 2 nitrogen and oxygen atoms in total. The predicted molar refractivity (Wildman–Crippen MR) is 256 cm³/mol. The van der Waals surface area contributed by atoms with Gasteiger partial charge in [-0.2, -0.15) is 0 Å². The lowest BCUT2D eigenvalue weighted by molar-refractivity contribution is 1.18. The molecule has 0 radical (unpaired) electrons. The minimum absolute atomic E-state index is 1.09. The van der Waals surface area contributed by atoms with E-state index in [1.807, 2.05) is 0 Å². The Morgan fingerprint density at radius 3 is 1.58 bits per heavy atom. The molecule has 0 N–H and O–H groups in total. The van der Waals surface area contributed by atoms with Crippen molar-refractivity contribution in [2.24, 2.45) is 0 Å². The summed E-state index contributed by atoms with van der Waals surface area (Å²) in [5, 5.41) is 12.3. The van der Waals surface area contributed by atoms with E-state index in [9.17, 15) is 0 Å². The molecule has 0 spiro atoms. The van der Waals surface area contributed by atoms with Crippen molar-refractivity contribution in [3.63, 3.8) is 0 Å². The van der Waals surface area contributed by atoms with Crippen LogP contribution in [0.25, 0.3) is 92.8 Å². The Labute approximate surface area is 348 Å². The van der Waals surface area contributed by atoms with Gasteiger partial charge in [-0.1, -0.05) is 182 Å². The van der Waals surface area contributed by atoms with Gasteiger partial charge < -0.3 is 9.47 Å². The SMILES string of the molecule is c1ccc(-c2c(-c3ccccc3)c3cc(N(c4ccc5c6ccccc6n(-c6ccc7ccccc7c6)c5c4)c4cccc5ccccc45)ccc3c3ccccc23)cc1. The lowest BCUT2D eigenvalue weighted by Crippen LogP contribution is -2.11. The van der Waals surface area contributed by atoms with Crippen molar-refractivity contribution in [3.8, 4) is 27.9 Å². The minimum Gasteiger partial charge on any atom is -0.310 e. The van der Waals surface area contributed by atoms with Crippen LogP contribution in [0.5, 0.6) is 0 Å². The molecule has 1 heterocycles. The van der Waals surface area contributed by atoms with Gasteiger partial charge in [0, 0.05) is 33.2 Å². The highest BCUT2D eigenvalue weighted by atomic mass is 15.1. The zero-order valence-corrected chi connectivity index (χ0v) is 32.8. The summed E-state index contributed by atoms with van der Waals surface area (Å²) < 4.78 is 2.44. The van der Waals surface area contributed by atoms with Crippen LogP contribution < -0.4 is 4.90 Å². The van der Waals surface area contributed by atoms with E-state index in [1.54, 1.807) is 0 Å². The molecule has 0 amide bonds. The second kappa shape index (κ2) is 13.9. The van der Waals surface area contributed by atoms with Gasteiger partial charge in [0.05, 0.1) is 16.7 Å². The Morgan fingerprint density at radius 1 is 0.283 bits per heavy atom. The molecule has 0 aliphatic rings. The standard InChI is InChI=1S/C58H38N2/c1-3-18-41(19-4-1)57-52-27-12-11-25-48(52)49-34-32-45(37-53(49)58(57)42-20-5-2-6-21-42)59(54-29-15-23-40-17-9-10-24-47(40)54)46-33-35-51-50-26-13-14-28-55(50)60(56(51)38-46)44-31-30-39-16-7-8-22-43(39)36-44/h1-38H. The van der Waals surface area contributed by atoms with E-state index in [4.69, 9.17) is 0 Å². The maximum absolute atomic E-state index is 2.47. The van der Waals surface area contributed by atoms with Crippen LogP contribution in [0.4, 0.5) is 17.1 Å². The van der Waals surface area contributed by atoms with Gasteiger partial charge in [0.25, 0.3) is 0 Å². The maximum atomic E-state index is 2.47. The average molecular weight is 763 g/mol. The highest BCUT2D eigenvalue weighted by Crippen LogP contribution is 2.48. The summed E-state index contributed by atoms with van der Waals surface area (Å²) in [5.74, 6) is 0. The molecule has 0 atom stereocenters. The van der Waals surface area contributed by atoms with Crippen molar-refractivity contribution in [2.75, 3.05) is 4.90 Å². The van der Waals surface area contributed by atoms with E-state index in [-0.39, 0.29) is 0 Å². The molecule has 0 saturated carbocycles. The Kier molecular flexibility index (Phi) is 7.89. The molecule has 0 aliphatic heterocycles. The molecule has 60 heavy (non-hydrogen) atoms. The molecule has 0 saturated heterocycles. The second-order valence-electron chi connectivity index (χ2n) is 15.7. The van der Waals surface area contributed by atoms with Crippen LogP contribution >= 0.6 is 0 Å². The van der Waals surface area contributed by atoms with E-state index in [0.717, 1.165) is 28.3 Å². The van der Waals surface area contributed by atoms with Gasteiger partial charge in [0.2, 0.25) is 0 Å². The van der Waals surface area contributed by atoms with Crippen molar-refractivity contribution >= 4 is 82.0 Å². The molecule has 12 rings (SSSR count). The molecule has 1 aromatic heterocycles. The van der Waals surface area contributed by atoms with E-state index >= 15 is 0 Å². The first-order valence-electron chi connectivity index (χ1n) is 20.7. The third-order valence-electron chi connectivity index (χ3n) is 12.3. The van der Waals surface area contributed by atoms with Crippen LogP contribution in [0.1, 0.15) is 0 Å². The molecule has 280 valence electrons. The lowest BCUT2D eigenvalue weighted by Gasteiger charge is -2.28. The summed E-state index contributed by atoms with van der Waals surface area (Å²) in [6.45, 7) is 0. The molecule has 2 heteroatoms. The van der Waals surface area contributed by atoms with Crippen molar-refractivity contribution in [2.45, 2.75) is 0 Å². The summed E-state index contributed by atoms with van der Waals surface area (Å²) in [5.41, 5.74) is 11.7. The molecular weight excluding hydrogens is 725 g/mol. The van der Waals surface area contributed by atoms with E-state index < -0.39 is 0 Å². The maximum Gasteiger partial charge on any atom is 0.0561 e. The number of hydrogen-bond acceptors (Lipinski definition) is 1. The topological polar surface area (TPSA) is 8.17 Å².